The van der Waals surface area contributed by atoms with Gasteiger partial charge in [-0.05, 0) is 55.2 Å². The number of fused-ring (bicyclic) bond motifs is 5. The van der Waals surface area contributed by atoms with Crippen LogP contribution < -0.4 is 0 Å². The van der Waals surface area contributed by atoms with Gasteiger partial charge >= 0.3 is 5.97 Å². The average Bonchev–Trinajstić information content (AvgIpc) is 2.81. The predicted octanol–water partition coefficient (Wildman–Crippen LogP) is 2.03. The molecule has 3 fully saturated rings. The van der Waals surface area contributed by atoms with E-state index in [9.17, 15) is 24.9 Å². The summed E-state index contributed by atoms with van der Waals surface area (Å²) in [6.45, 7) is 3.58. The summed E-state index contributed by atoms with van der Waals surface area (Å²) in [6.07, 6.45) is 3.24. The minimum Gasteiger partial charge on any atom is -0.479 e. The van der Waals surface area contributed by atoms with Crippen LogP contribution in [0.5, 0.6) is 0 Å². The van der Waals surface area contributed by atoms with Crippen molar-refractivity contribution in [2.45, 2.75) is 57.4 Å². The first kappa shape index (κ1) is 17.9. The molecule has 0 aromatic heterocycles. The summed E-state index contributed by atoms with van der Waals surface area (Å²) in [5, 5.41) is 31.5. The molecule has 6 heteroatoms. The van der Waals surface area contributed by atoms with Gasteiger partial charge in [-0.2, -0.15) is 0 Å². The maximum Gasteiger partial charge on any atom is 0.336 e. The number of hydrogen-bond donors (Lipinski definition) is 3. The van der Waals surface area contributed by atoms with E-state index in [0.717, 1.165) is 0 Å². The number of hydrogen-bond acceptors (Lipinski definition) is 4. The highest BCUT2D eigenvalue weighted by Crippen LogP contribution is 2.67. The monoisotopic (exact) mass is 364 g/mol. The van der Waals surface area contributed by atoms with Gasteiger partial charge < -0.3 is 15.3 Å². The van der Waals surface area contributed by atoms with E-state index in [4.69, 9.17) is 0 Å². The standard InChI is InChI=1S/C20H25FO5/c1-18-5-3-10(22)7-13(18)14(21)8-11-12-4-6-20(26,17(24)25)19(12,2)9-15(23)16(11)18/h3,5,7,11-12,14-16,23,26H,4,6,8-9H2,1-2H3,(H,24,25)/t11-,12-,14-,15-,16+,18-,19-,20-/m0/s1. The van der Waals surface area contributed by atoms with E-state index >= 15 is 4.39 Å². The van der Waals surface area contributed by atoms with Crippen molar-refractivity contribution in [1.82, 2.24) is 0 Å². The van der Waals surface area contributed by atoms with Crippen molar-refractivity contribution in [1.29, 1.82) is 0 Å². The number of carboxylic acid groups (broad SMARTS) is 1. The number of allylic oxidation sites excluding steroid dienone is 4. The van der Waals surface area contributed by atoms with Gasteiger partial charge in [0.05, 0.1) is 6.10 Å². The largest absolute Gasteiger partial charge is 0.479 e. The highest BCUT2D eigenvalue weighted by atomic mass is 19.1. The van der Waals surface area contributed by atoms with Crippen LogP contribution in [-0.4, -0.2) is 44.9 Å². The molecular formula is C20H25FO5. The van der Waals surface area contributed by atoms with E-state index in [0.29, 0.717) is 12.0 Å². The molecule has 0 unspecified atom stereocenters. The fraction of sp³-hybridized carbons (Fsp3) is 0.700. The van der Waals surface area contributed by atoms with Crippen LogP contribution in [-0.2, 0) is 9.59 Å². The second kappa shape index (κ2) is 5.26. The average molecular weight is 364 g/mol. The van der Waals surface area contributed by atoms with Crippen LogP contribution in [0.15, 0.2) is 23.8 Å². The third-order valence-electron chi connectivity index (χ3n) is 7.98. The Morgan fingerprint density at radius 3 is 2.69 bits per heavy atom. The van der Waals surface area contributed by atoms with Gasteiger partial charge in [-0.25, -0.2) is 9.18 Å². The second-order valence-corrected chi connectivity index (χ2v) is 9.01. The summed E-state index contributed by atoms with van der Waals surface area (Å²) in [5.74, 6) is -2.23. The summed E-state index contributed by atoms with van der Waals surface area (Å²) in [4.78, 5) is 23.5. The lowest BCUT2D eigenvalue weighted by Gasteiger charge is -2.59. The fourth-order valence-electron chi connectivity index (χ4n) is 6.69. The summed E-state index contributed by atoms with van der Waals surface area (Å²) in [7, 11) is 0. The van der Waals surface area contributed by atoms with E-state index in [1.165, 1.54) is 12.2 Å². The van der Waals surface area contributed by atoms with Gasteiger partial charge in [-0.1, -0.05) is 19.9 Å². The summed E-state index contributed by atoms with van der Waals surface area (Å²) >= 11 is 0. The van der Waals surface area contributed by atoms with Crippen molar-refractivity contribution in [2.24, 2.45) is 28.6 Å². The number of carbonyl (C=O) groups excluding carboxylic acids is 1. The van der Waals surface area contributed by atoms with Gasteiger partial charge in [0.1, 0.15) is 6.17 Å². The lowest BCUT2D eigenvalue weighted by molar-refractivity contribution is -0.193. The second-order valence-electron chi connectivity index (χ2n) is 9.01. The smallest absolute Gasteiger partial charge is 0.336 e. The van der Waals surface area contributed by atoms with E-state index in [-0.39, 0.29) is 42.8 Å². The molecule has 8 atom stereocenters. The molecule has 4 aliphatic carbocycles. The third-order valence-corrected chi connectivity index (χ3v) is 7.98. The highest BCUT2D eigenvalue weighted by molar-refractivity contribution is 6.01. The molecule has 5 nitrogen and oxygen atoms in total. The zero-order valence-electron chi connectivity index (χ0n) is 15.0. The van der Waals surface area contributed by atoms with E-state index < -0.39 is 34.7 Å². The first-order valence-corrected chi connectivity index (χ1v) is 9.28. The van der Waals surface area contributed by atoms with Gasteiger partial charge in [0, 0.05) is 16.7 Å². The molecule has 3 N–H and O–H groups in total. The van der Waals surface area contributed by atoms with E-state index in [1.807, 2.05) is 6.92 Å². The Kier molecular flexibility index (Phi) is 3.61. The van der Waals surface area contributed by atoms with Gasteiger partial charge in [0.2, 0.25) is 0 Å². The number of aliphatic hydroxyl groups excluding tert-OH is 1. The topological polar surface area (TPSA) is 94.8 Å². The van der Waals surface area contributed by atoms with Crippen LogP contribution in [0, 0.1) is 28.6 Å². The van der Waals surface area contributed by atoms with Crippen molar-refractivity contribution < 1.29 is 29.3 Å². The molecule has 142 valence electrons. The molecule has 0 spiro atoms. The molecule has 0 aromatic carbocycles. The first-order chi connectivity index (χ1) is 12.0. The van der Waals surface area contributed by atoms with Crippen LogP contribution in [0.25, 0.3) is 0 Å². The number of halogens is 1. The number of alkyl halides is 1. The lowest BCUT2D eigenvalue weighted by Crippen LogP contribution is -2.62. The van der Waals surface area contributed by atoms with Gasteiger partial charge in [0.25, 0.3) is 0 Å². The molecular weight excluding hydrogens is 339 g/mol. The number of ketones is 1. The van der Waals surface area contributed by atoms with Crippen molar-refractivity contribution in [3.8, 4) is 0 Å². The minimum atomic E-state index is -1.90. The number of aliphatic hydroxyl groups is 2. The van der Waals surface area contributed by atoms with Crippen molar-refractivity contribution in [3.63, 3.8) is 0 Å². The fourth-order valence-corrected chi connectivity index (χ4v) is 6.69. The quantitative estimate of drug-likeness (QED) is 0.662. The number of rotatable bonds is 1. The summed E-state index contributed by atoms with van der Waals surface area (Å²) in [5.41, 5.74) is -3.24. The highest BCUT2D eigenvalue weighted by Gasteiger charge is 2.69. The molecule has 0 amide bonds. The van der Waals surface area contributed by atoms with E-state index in [1.54, 1.807) is 13.0 Å². The Hall–Kier alpha value is -1.53. The zero-order valence-corrected chi connectivity index (χ0v) is 15.0. The lowest BCUT2D eigenvalue weighted by atomic mass is 9.46. The Morgan fingerprint density at radius 2 is 2.04 bits per heavy atom. The van der Waals surface area contributed by atoms with Gasteiger partial charge in [-0.3, -0.25) is 4.79 Å². The van der Waals surface area contributed by atoms with Crippen LogP contribution in [0.3, 0.4) is 0 Å². The SMILES string of the molecule is C[C@]12C=CC(=O)C=C1[C@@H](F)C[C@@H]1[C@@H]2[C@@H](O)C[C@@]2(C)[C@H]1CC[C@]2(O)C(=O)O. The summed E-state index contributed by atoms with van der Waals surface area (Å²) < 4.78 is 15.1. The van der Waals surface area contributed by atoms with Crippen LogP contribution >= 0.6 is 0 Å². The predicted molar refractivity (Wildman–Crippen MR) is 90.9 cm³/mol. The molecule has 0 aromatic rings. The van der Waals surface area contributed by atoms with Crippen molar-refractivity contribution in [2.75, 3.05) is 0 Å². The molecule has 0 bridgehead atoms. The molecule has 4 rings (SSSR count). The van der Waals surface area contributed by atoms with Gasteiger partial charge in [-0.15, -0.1) is 0 Å². The molecule has 26 heavy (non-hydrogen) atoms. The Labute approximate surface area is 151 Å². The van der Waals surface area contributed by atoms with Crippen LogP contribution in [0.4, 0.5) is 4.39 Å². The molecule has 0 saturated heterocycles. The summed E-state index contributed by atoms with van der Waals surface area (Å²) in [6, 6.07) is 0. The van der Waals surface area contributed by atoms with Crippen LogP contribution in [0.1, 0.15) is 39.5 Å². The number of aliphatic carboxylic acids is 1. The maximum absolute atomic E-state index is 15.1. The number of carboxylic acids is 1. The molecule has 3 saturated carbocycles. The van der Waals surface area contributed by atoms with E-state index in [2.05, 4.69) is 0 Å². The molecule has 4 aliphatic rings. The first-order valence-electron chi connectivity index (χ1n) is 9.28. The Morgan fingerprint density at radius 1 is 1.35 bits per heavy atom. The zero-order chi connectivity index (χ0) is 19.1. The van der Waals surface area contributed by atoms with Gasteiger partial charge in [0.15, 0.2) is 11.4 Å². The minimum absolute atomic E-state index is 0.115. The Bertz CT molecular complexity index is 744. The van der Waals surface area contributed by atoms with Crippen molar-refractivity contribution in [3.05, 3.63) is 23.8 Å². The Balaban J connectivity index is 1.80. The molecule has 0 heterocycles. The maximum atomic E-state index is 15.1. The van der Waals surface area contributed by atoms with Crippen molar-refractivity contribution >= 4 is 11.8 Å². The third kappa shape index (κ3) is 1.97. The molecule has 0 radical (unpaired) electrons. The normalized spacial score (nSPS) is 52.7. The molecule has 0 aliphatic heterocycles. The van der Waals surface area contributed by atoms with Crippen LogP contribution in [0.2, 0.25) is 0 Å². The number of carbonyl (C=O) groups is 2.